The van der Waals surface area contributed by atoms with Crippen LogP contribution in [-0.2, 0) is 14.3 Å². The summed E-state index contributed by atoms with van der Waals surface area (Å²) in [5, 5.41) is 3.75. The van der Waals surface area contributed by atoms with Crippen molar-refractivity contribution in [2.75, 3.05) is 20.3 Å². The SMILES string of the molecule is COC1=NO[C@@H]2COC[C@H]12. The summed E-state index contributed by atoms with van der Waals surface area (Å²) in [7, 11) is 1.60. The summed E-state index contributed by atoms with van der Waals surface area (Å²) in [6, 6.07) is 0. The average molecular weight is 143 g/mol. The minimum absolute atomic E-state index is 0.106. The van der Waals surface area contributed by atoms with E-state index >= 15 is 0 Å². The van der Waals surface area contributed by atoms with Gasteiger partial charge in [0.05, 0.1) is 20.3 Å². The first-order chi connectivity index (χ1) is 4.92. The van der Waals surface area contributed by atoms with Crippen molar-refractivity contribution in [1.29, 1.82) is 0 Å². The summed E-state index contributed by atoms with van der Waals surface area (Å²) in [5.74, 6) is 0.910. The van der Waals surface area contributed by atoms with Crippen molar-refractivity contribution in [2.45, 2.75) is 6.10 Å². The molecular formula is C6H9NO3. The van der Waals surface area contributed by atoms with E-state index in [1.165, 1.54) is 0 Å². The zero-order valence-corrected chi connectivity index (χ0v) is 5.74. The van der Waals surface area contributed by atoms with Gasteiger partial charge in [-0.15, -0.1) is 0 Å². The normalized spacial score (nSPS) is 36.7. The molecule has 0 aromatic heterocycles. The smallest absolute Gasteiger partial charge is 0.234 e. The lowest BCUT2D eigenvalue weighted by atomic mass is 10.1. The zero-order valence-electron chi connectivity index (χ0n) is 5.74. The van der Waals surface area contributed by atoms with Crippen LogP contribution in [0, 0.1) is 5.92 Å². The van der Waals surface area contributed by atoms with Crippen molar-refractivity contribution in [3.8, 4) is 0 Å². The lowest BCUT2D eigenvalue weighted by Crippen LogP contribution is -2.21. The molecule has 0 aromatic rings. The molecule has 0 bridgehead atoms. The summed E-state index contributed by atoms with van der Waals surface area (Å²) in [4.78, 5) is 5.02. The van der Waals surface area contributed by atoms with Crippen LogP contribution in [0.25, 0.3) is 0 Å². The van der Waals surface area contributed by atoms with E-state index in [1.807, 2.05) is 0 Å². The summed E-state index contributed by atoms with van der Waals surface area (Å²) >= 11 is 0. The zero-order chi connectivity index (χ0) is 6.97. The van der Waals surface area contributed by atoms with Crippen molar-refractivity contribution in [3.05, 3.63) is 0 Å². The fourth-order valence-electron chi connectivity index (χ4n) is 1.24. The molecule has 0 saturated carbocycles. The highest BCUT2D eigenvalue weighted by Gasteiger charge is 2.40. The van der Waals surface area contributed by atoms with Crippen LogP contribution >= 0.6 is 0 Å². The Morgan fingerprint density at radius 3 is 3.30 bits per heavy atom. The Balaban J connectivity index is 2.10. The molecule has 0 amide bonds. The molecule has 2 rings (SSSR count). The molecule has 2 aliphatic heterocycles. The second-order valence-corrected chi connectivity index (χ2v) is 2.42. The third kappa shape index (κ3) is 0.686. The highest BCUT2D eigenvalue weighted by Crippen LogP contribution is 2.24. The maximum atomic E-state index is 5.16. The number of hydrogen-bond donors (Lipinski definition) is 0. The molecule has 2 heterocycles. The Morgan fingerprint density at radius 1 is 1.60 bits per heavy atom. The van der Waals surface area contributed by atoms with Crippen molar-refractivity contribution in [1.82, 2.24) is 0 Å². The maximum absolute atomic E-state index is 5.16. The van der Waals surface area contributed by atoms with Crippen LogP contribution < -0.4 is 0 Å². The van der Waals surface area contributed by atoms with Gasteiger partial charge in [-0.3, -0.25) is 0 Å². The molecule has 4 heteroatoms. The van der Waals surface area contributed by atoms with Gasteiger partial charge < -0.3 is 14.3 Å². The summed E-state index contributed by atoms with van der Waals surface area (Å²) in [5.41, 5.74) is 0. The van der Waals surface area contributed by atoms with Crippen LogP contribution in [0.15, 0.2) is 5.16 Å². The van der Waals surface area contributed by atoms with Crippen LogP contribution in [-0.4, -0.2) is 32.3 Å². The number of nitrogens with zero attached hydrogens (tertiary/aromatic N) is 1. The van der Waals surface area contributed by atoms with Gasteiger partial charge in [-0.05, 0) is 0 Å². The van der Waals surface area contributed by atoms with Gasteiger partial charge in [-0.1, -0.05) is 5.16 Å². The Morgan fingerprint density at radius 2 is 2.50 bits per heavy atom. The molecule has 2 atom stereocenters. The molecule has 0 radical (unpaired) electrons. The molecular weight excluding hydrogens is 134 g/mol. The first-order valence-corrected chi connectivity index (χ1v) is 3.27. The van der Waals surface area contributed by atoms with Gasteiger partial charge >= 0.3 is 0 Å². The lowest BCUT2D eigenvalue weighted by molar-refractivity contribution is 0.0553. The maximum Gasteiger partial charge on any atom is 0.234 e. The molecule has 0 N–H and O–H groups in total. The monoisotopic (exact) mass is 143 g/mol. The molecule has 10 heavy (non-hydrogen) atoms. The highest BCUT2D eigenvalue weighted by molar-refractivity contribution is 5.80. The predicted octanol–water partition coefficient (Wildman–Crippen LogP) is -0.00850. The molecule has 0 aliphatic carbocycles. The topological polar surface area (TPSA) is 40.0 Å². The molecule has 1 fully saturated rings. The van der Waals surface area contributed by atoms with E-state index in [-0.39, 0.29) is 12.0 Å². The number of ether oxygens (including phenoxy) is 2. The Bertz CT molecular complexity index is 168. The minimum atomic E-state index is 0.106. The van der Waals surface area contributed by atoms with Crippen LogP contribution in [0.4, 0.5) is 0 Å². The van der Waals surface area contributed by atoms with Gasteiger partial charge in [0.1, 0.15) is 5.92 Å². The van der Waals surface area contributed by atoms with Gasteiger partial charge in [-0.2, -0.15) is 0 Å². The number of fused-ring (bicyclic) bond motifs is 1. The Hall–Kier alpha value is -0.770. The van der Waals surface area contributed by atoms with Gasteiger partial charge in [-0.25, -0.2) is 0 Å². The van der Waals surface area contributed by atoms with E-state index in [4.69, 9.17) is 14.3 Å². The second-order valence-electron chi connectivity index (χ2n) is 2.42. The first kappa shape index (κ1) is 5.97. The standard InChI is InChI=1S/C6H9NO3/c1-8-6-4-2-9-3-5(4)10-7-6/h4-5H,2-3H2,1H3/t4-,5+/m0/s1. The molecule has 0 unspecified atom stereocenters. The quantitative estimate of drug-likeness (QED) is 0.479. The Kier molecular flexibility index (Phi) is 1.27. The molecule has 0 aromatic carbocycles. The van der Waals surface area contributed by atoms with E-state index in [2.05, 4.69) is 5.16 Å². The number of hydrogen-bond acceptors (Lipinski definition) is 4. The molecule has 4 nitrogen and oxygen atoms in total. The fraction of sp³-hybridized carbons (Fsp3) is 0.833. The lowest BCUT2D eigenvalue weighted by Gasteiger charge is -2.03. The van der Waals surface area contributed by atoms with E-state index in [1.54, 1.807) is 7.11 Å². The molecule has 1 saturated heterocycles. The summed E-state index contributed by atoms with van der Waals surface area (Å²) in [6.07, 6.45) is 0.106. The predicted molar refractivity (Wildman–Crippen MR) is 33.6 cm³/mol. The summed E-state index contributed by atoms with van der Waals surface area (Å²) in [6.45, 7) is 1.32. The van der Waals surface area contributed by atoms with Crippen molar-refractivity contribution >= 4 is 5.90 Å². The average Bonchev–Trinajstić information content (AvgIpc) is 2.44. The minimum Gasteiger partial charge on any atom is -0.482 e. The van der Waals surface area contributed by atoms with Crippen molar-refractivity contribution < 1.29 is 14.3 Å². The van der Waals surface area contributed by atoms with Crippen LogP contribution in [0.1, 0.15) is 0 Å². The van der Waals surface area contributed by atoms with Crippen molar-refractivity contribution in [3.63, 3.8) is 0 Å². The number of rotatable bonds is 0. The third-order valence-electron chi connectivity index (χ3n) is 1.83. The number of methoxy groups -OCH3 is 1. The van der Waals surface area contributed by atoms with Crippen LogP contribution in [0.2, 0.25) is 0 Å². The fourth-order valence-corrected chi connectivity index (χ4v) is 1.24. The van der Waals surface area contributed by atoms with Gasteiger partial charge in [0.15, 0.2) is 6.10 Å². The van der Waals surface area contributed by atoms with Crippen LogP contribution in [0.3, 0.4) is 0 Å². The van der Waals surface area contributed by atoms with Gasteiger partial charge in [0.25, 0.3) is 0 Å². The molecule has 0 spiro atoms. The number of oxime groups is 1. The van der Waals surface area contributed by atoms with Gasteiger partial charge in [0.2, 0.25) is 5.90 Å². The van der Waals surface area contributed by atoms with E-state index in [0.29, 0.717) is 19.1 Å². The Labute approximate surface area is 58.7 Å². The first-order valence-electron chi connectivity index (χ1n) is 3.27. The highest BCUT2D eigenvalue weighted by atomic mass is 16.7. The van der Waals surface area contributed by atoms with Crippen LogP contribution in [0.5, 0.6) is 0 Å². The third-order valence-corrected chi connectivity index (χ3v) is 1.83. The van der Waals surface area contributed by atoms with E-state index in [0.717, 1.165) is 0 Å². The second kappa shape index (κ2) is 2.12. The van der Waals surface area contributed by atoms with Gasteiger partial charge in [0, 0.05) is 0 Å². The van der Waals surface area contributed by atoms with E-state index in [9.17, 15) is 0 Å². The molecule has 2 aliphatic rings. The van der Waals surface area contributed by atoms with Crippen molar-refractivity contribution in [2.24, 2.45) is 11.1 Å². The molecule has 56 valence electrons. The van der Waals surface area contributed by atoms with E-state index < -0.39 is 0 Å². The summed E-state index contributed by atoms with van der Waals surface area (Å²) < 4.78 is 10.1. The largest absolute Gasteiger partial charge is 0.482 e.